The number of benzene rings is 2. The lowest BCUT2D eigenvalue weighted by Crippen LogP contribution is -2.18. The lowest BCUT2D eigenvalue weighted by molar-refractivity contribution is 0.689. The lowest BCUT2D eigenvalue weighted by Gasteiger charge is -2.20. The molecule has 1 heterocycles. The molecule has 3 aromatic rings. The van der Waals surface area contributed by atoms with Crippen LogP contribution in [0.25, 0.3) is 10.9 Å². The topological polar surface area (TPSA) is 24.9 Å². The van der Waals surface area contributed by atoms with Crippen LogP contribution >= 0.6 is 15.9 Å². The third-order valence-electron chi connectivity index (χ3n) is 3.71. The van der Waals surface area contributed by atoms with E-state index in [1.807, 2.05) is 19.3 Å². The second-order valence-corrected chi connectivity index (χ2v) is 6.06. The van der Waals surface area contributed by atoms with E-state index in [0.29, 0.717) is 0 Å². The molecule has 2 aromatic carbocycles. The Morgan fingerprint density at radius 3 is 2.76 bits per heavy atom. The highest BCUT2D eigenvalue weighted by Gasteiger charge is 2.15. The molecule has 0 aliphatic carbocycles. The number of fused-ring (bicyclic) bond motifs is 1. The summed E-state index contributed by atoms with van der Waals surface area (Å²) in [5, 5.41) is 4.58. The van der Waals surface area contributed by atoms with E-state index in [1.54, 1.807) is 0 Å². The average molecular weight is 341 g/mol. The van der Waals surface area contributed by atoms with Crippen molar-refractivity contribution in [2.45, 2.75) is 13.0 Å². The van der Waals surface area contributed by atoms with E-state index in [1.165, 1.54) is 22.1 Å². The van der Waals surface area contributed by atoms with Gasteiger partial charge in [-0.05, 0) is 49.4 Å². The van der Waals surface area contributed by atoms with Crippen molar-refractivity contribution in [3.63, 3.8) is 0 Å². The summed E-state index contributed by atoms with van der Waals surface area (Å²) in [5.41, 5.74) is 4.78. The predicted molar refractivity (Wildman–Crippen MR) is 91.5 cm³/mol. The van der Waals surface area contributed by atoms with Gasteiger partial charge in [-0.2, -0.15) is 0 Å². The predicted octanol–water partition coefficient (Wildman–Crippen LogP) is 4.61. The molecule has 3 rings (SSSR count). The molecular formula is C18H17BrN2. The van der Waals surface area contributed by atoms with E-state index in [9.17, 15) is 0 Å². The molecule has 106 valence electrons. The third-order valence-corrected chi connectivity index (χ3v) is 4.43. The Hall–Kier alpha value is -1.71. The van der Waals surface area contributed by atoms with Crippen molar-refractivity contribution >= 4 is 26.8 Å². The van der Waals surface area contributed by atoms with Gasteiger partial charge in [-0.15, -0.1) is 0 Å². The fraction of sp³-hybridized carbons (Fsp3) is 0.167. The van der Waals surface area contributed by atoms with Crippen LogP contribution in [0.15, 0.2) is 59.2 Å². The normalized spacial score (nSPS) is 12.5. The molecule has 3 heteroatoms. The quantitative estimate of drug-likeness (QED) is 0.752. The fourth-order valence-electron chi connectivity index (χ4n) is 2.66. The van der Waals surface area contributed by atoms with E-state index in [2.05, 4.69) is 75.6 Å². The minimum Gasteiger partial charge on any atom is -0.309 e. The fourth-order valence-corrected chi connectivity index (χ4v) is 3.14. The van der Waals surface area contributed by atoms with Crippen LogP contribution in [0.3, 0.4) is 0 Å². The molecule has 0 aliphatic rings. The van der Waals surface area contributed by atoms with Crippen molar-refractivity contribution in [2.75, 3.05) is 7.05 Å². The van der Waals surface area contributed by atoms with Crippen molar-refractivity contribution in [1.82, 2.24) is 10.3 Å². The monoisotopic (exact) mass is 340 g/mol. The first kappa shape index (κ1) is 14.2. The van der Waals surface area contributed by atoms with Crippen LogP contribution in [0.2, 0.25) is 0 Å². The van der Waals surface area contributed by atoms with Crippen molar-refractivity contribution in [1.29, 1.82) is 0 Å². The molecule has 1 aromatic heterocycles. The zero-order valence-electron chi connectivity index (χ0n) is 12.1. The number of rotatable bonds is 3. The van der Waals surface area contributed by atoms with Crippen LogP contribution in [-0.4, -0.2) is 12.0 Å². The van der Waals surface area contributed by atoms with Crippen LogP contribution in [0.5, 0.6) is 0 Å². The Kier molecular flexibility index (Phi) is 4.04. The van der Waals surface area contributed by atoms with Gasteiger partial charge in [-0.3, -0.25) is 4.98 Å². The third kappa shape index (κ3) is 2.85. The van der Waals surface area contributed by atoms with Crippen LogP contribution in [0.1, 0.15) is 22.7 Å². The maximum absolute atomic E-state index is 4.38. The number of pyridine rings is 1. The molecular weight excluding hydrogens is 324 g/mol. The molecule has 0 spiro atoms. The molecule has 0 amide bonds. The number of halogens is 1. The van der Waals surface area contributed by atoms with E-state index < -0.39 is 0 Å². The Morgan fingerprint density at radius 1 is 1.10 bits per heavy atom. The van der Waals surface area contributed by atoms with Gasteiger partial charge < -0.3 is 5.32 Å². The lowest BCUT2D eigenvalue weighted by atomic mass is 9.96. The van der Waals surface area contributed by atoms with E-state index in [4.69, 9.17) is 0 Å². The highest BCUT2D eigenvalue weighted by atomic mass is 79.9. The number of aromatic nitrogens is 1. The van der Waals surface area contributed by atoms with Gasteiger partial charge in [-0.25, -0.2) is 0 Å². The summed E-state index contributed by atoms with van der Waals surface area (Å²) in [6.07, 6.45) is 1.83. The van der Waals surface area contributed by atoms with Gasteiger partial charge in [0.15, 0.2) is 0 Å². The number of hydrogen-bond acceptors (Lipinski definition) is 2. The number of nitrogens with zero attached hydrogens (tertiary/aromatic N) is 1. The van der Waals surface area contributed by atoms with Crippen molar-refractivity contribution in [3.8, 4) is 0 Å². The van der Waals surface area contributed by atoms with E-state index in [-0.39, 0.29) is 6.04 Å². The Labute approximate surface area is 133 Å². The van der Waals surface area contributed by atoms with Crippen LogP contribution < -0.4 is 5.32 Å². The molecule has 21 heavy (non-hydrogen) atoms. The zero-order chi connectivity index (χ0) is 14.8. The summed E-state index contributed by atoms with van der Waals surface area (Å²) in [6.45, 7) is 2.12. The Balaban J connectivity index is 2.11. The van der Waals surface area contributed by atoms with Crippen molar-refractivity contribution in [3.05, 3.63) is 75.9 Å². The highest BCUT2D eigenvalue weighted by Crippen LogP contribution is 2.30. The van der Waals surface area contributed by atoms with Crippen molar-refractivity contribution in [2.24, 2.45) is 0 Å². The molecule has 1 unspecified atom stereocenters. The smallest absolute Gasteiger partial charge is 0.0702 e. The molecule has 0 fully saturated rings. The summed E-state index contributed by atoms with van der Waals surface area (Å²) in [7, 11) is 1.99. The summed E-state index contributed by atoms with van der Waals surface area (Å²) in [5.74, 6) is 0. The SMILES string of the molecule is CNC(c1ccc2ncccc2c1)c1cc(C)ccc1Br. The number of nitrogens with one attached hydrogen (secondary N) is 1. The minimum absolute atomic E-state index is 0.156. The van der Waals surface area contributed by atoms with Gasteiger partial charge in [0.05, 0.1) is 11.6 Å². The van der Waals surface area contributed by atoms with Crippen molar-refractivity contribution < 1.29 is 0 Å². The molecule has 0 radical (unpaired) electrons. The van der Waals surface area contributed by atoms with Gasteiger partial charge in [0.2, 0.25) is 0 Å². The zero-order valence-corrected chi connectivity index (χ0v) is 13.7. The van der Waals surface area contributed by atoms with Gasteiger partial charge in [-0.1, -0.05) is 45.8 Å². The van der Waals surface area contributed by atoms with E-state index in [0.717, 1.165) is 9.99 Å². The average Bonchev–Trinajstić information content (AvgIpc) is 2.51. The molecule has 0 aliphatic heterocycles. The summed E-state index contributed by atoms with van der Waals surface area (Å²) >= 11 is 3.67. The standard InChI is InChI=1S/C18H17BrN2/c1-12-5-7-16(19)15(10-12)18(20-2)14-6-8-17-13(11-14)4-3-9-21-17/h3-11,18,20H,1-2H3. The van der Waals surface area contributed by atoms with Gasteiger partial charge in [0.25, 0.3) is 0 Å². The van der Waals surface area contributed by atoms with Gasteiger partial charge in [0, 0.05) is 16.1 Å². The maximum Gasteiger partial charge on any atom is 0.0702 e. The number of hydrogen-bond donors (Lipinski definition) is 1. The van der Waals surface area contributed by atoms with Crippen LogP contribution in [-0.2, 0) is 0 Å². The Bertz CT molecular complexity index is 783. The second kappa shape index (κ2) is 5.96. The second-order valence-electron chi connectivity index (χ2n) is 5.20. The van der Waals surface area contributed by atoms with Crippen LogP contribution in [0, 0.1) is 6.92 Å². The molecule has 1 atom stereocenters. The summed E-state index contributed by atoms with van der Waals surface area (Å²) < 4.78 is 1.12. The van der Waals surface area contributed by atoms with Gasteiger partial charge in [0.1, 0.15) is 0 Å². The van der Waals surface area contributed by atoms with Crippen LogP contribution in [0.4, 0.5) is 0 Å². The number of aryl methyl sites for hydroxylation is 1. The maximum atomic E-state index is 4.38. The largest absolute Gasteiger partial charge is 0.309 e. The molecule has 1 N–H and O–H groups in total. The van der Waals surface area contributed by atoms with Gasteiger partial charge >= 0.3 is 0 Å². The molecule has 0 saturated heterocycles. The summed E-state index contributed by atoms with van der Waals surface area (Å²) in [4.78, 5) is 4.38. The Morgan fingerprint density at radius 2 is 1.95 bits per heavy atom. The first-order valence-electron chi connectivity index (χ1n) is 6.97. The summed E-state index contributed by atoms with van der Waals surface area (Å²) in [6, 6.07) is 17.1. The highest BCUT2D eigenvalue weighted by molar-refractivity contribution is 9.10. The molecule has 0 bridgehead atoms. The molecule has 2 nitrogen and oxygen atoms in total. The first-order valence-corrected chi connectivity index (χ1v) is 7.76. The minimum atomic E-state index is 0.156. The van der Waals surface area contributed by atoms with E-state index >= 15 is 0 Å². The first-order chi connectivity index (χ1) is 10.2. The molecule has 0 saturated carbocycles.